The van der Waals surface area contributed by atoms with Gasteiger partial charge in [0.25, 0.3) is 0 Å². The van der Waals surface area contributed by atoms with E-state index in [2.05, 4.69) is 15.3 Å². The molecule has 6 nitrogen and oxygen atoms in total. The zero-order valence-electron chi connectivity index (χ0n) is 12.3. The number of H-pyrrole nitrogens is 2. The standard InChI is InChI=1S/C17H15N3O3/c21-16(11-7-10-3-1-2-4-15(10)23-9-11)18-12-5-6-13-14(8-12)20-17(22)19-13/h1-6,8,11H,7,9H2,(H,18,21)(H2,19,20,22)/t11-/m0/s1. The zero-order chi connectivity index (χ0) is 15.8. The Morgan fingerprint density at radius 1 is 1.13 bits per heavy atom. The number of nitrogens with one attached hydrogen (secondary N) is 3. The maximum Gasteiger partial charge on any atom is 0.323 e. The summed E-state index contributed by atoms with van der Waals surface area (Å²) in [6.45, 7) is 0.367. The van der Waals surface area contributed by atoms with Crippen molar-refractivity contribution >= 4 is 22.6 Å². The van der Waals surface area contributed by atoms with Crippen molar-refractivity contribution in [2.24, 2.45) is 5.92 Å². The van der Waals surface area contributed by atoms with Crippen LogP contribution in [0.4, 0.5) is 5.69 Å². The summed E-state index contributed by atoms with van der Waals surface area (Å²) >= 11 is 0. The van der Waals surface area contributed by atoms with Gasteiger partial charge >= 0.3 is 5.69 Å². The highest BCUT2D eigenvalue weighted by atomic mass is 16.5. The SMILES string of the molecule is O=C(Nc1ccc2[nH]c(=O)[nH]c2c1)[C@@H]1COc2ccccc2C1. The fourth-order valence-corrected chi connectivity index (χ4v) is 2.85. The lowest BCUT2D eigenvalue weighted by Crippen LogP contribution is -2.32. The molecule has 2 aromatic carbocycles. The Morgan fingerprint density at radius 2 is 1.96 bits per heavy atom. The van der Waals surface area contributed by atoms with E-state index in [9.17, 15) is 9.59 Å². The number of rotatable bonds is 2. The van der Waals surface area contributed by atoms with Crippen LogP contribution in [0.1, 0.15) is 5.56 Å². The Balaban J connectivity index is 1.52. The molecule has 3 N–H and O–H groups in total. The lowest BCUT2D eigenvalue weighted by molar-refractivity contribution is -0.121. The van der Waals surface area contributed by atoms with Crippen LogP contribution < -0.4 is 15.7 Å². The number of aromatic amines is 2. The van der Waals surface area contributed by atoms with Crippen molar-refractivity contribution in [3.8, 4) is 5.75 Å². The summed E-state index contributed by atoms with van der Waals surface area (Å²) in [7, 11) is 0. The normalized spacial score (nSPS) is 16.6. The van der Waals surface area contributed by atoms with Crippen molar-refractivity contribution in [2.75, 3.05) is 11.9 Å². The van der Waals surface area contributed by atoms with E-state index >= 15 is 0 Å². The number of imidazole rings is 1. The second-order valence-corrected chi connectivity index (χ2v) is 5.65. The lowest BCUT2D eigenvalue weighted by Gasteiger charge is -2.24. The van der Waals surface area contributed by atoms with Crippen molar-refractivity contribution in [3.05, 3.63) is 58.5 Å². The molecule has 0 radical (unpaired) electrons. The van der Waals surface area contributed by atoms with Crippen molar-refractivity contribution < 1.29 is 9.53 Å². The van der Waals surface area contributed by atoms with Crippen LogP contribution in [0.3, 0.4) is 0 Å². The average molecular weight is 309 g/mol. The number of anilines is 1. The molecular formula is C17H15N3O3. The highest BCUT2D eigenvalue weighted by Crippen LogP contribution is 2.27. The Labute approximate surface area is 131 Å². The molecule has 1 aromatic heterocycles. The van der Waals surface area contributed by atoms with E-state index in [4.69, 9.17) is 4.74 Å². The third-order valence-corrected chi connectivity index (χ3v) is 4.03. The molecule has 0 fully saturated rings. The molecule has 23 heavy (non-hydrogen) atoms. The highest BCUT2D eigenvalue weighted by molar-refractivity contribution is 5.94. The first kappa shape index (κ1) is 13.6. The molecule has 1 amide bonds. The molecule has 3 aromatic rings. The summed E-state index contributed by atoms with van der Waals surface area (Å²) in [6.07, 6.45) is 0.658. The van der Waals surface area contributed by atoms with Crippen molar-refractivity contribution in [1.82, 2.24) is 9.97 Å². The highest BCUT2D eigenvalue weighted by Gasteiger charge is 2.25. The first-order chi connectivity index (χ1) is 11.2. The van der Waals surface area contributed by atoms with Gasteiger partial charge in [0.05, 0.1) is 17.0 Å². The third-order valence-electron chi connectivity index (χ3n) is 4.03. The average Bonchev–Trinajstić information content (AvgIpc) is 2.93. The molecule has 0 saturated heterocycles. The number of para-hydroxylation sites is 1. The molecule has 0 unspecified atom stereocenters. The predicted molar refractivity (Wildman–Crippen MR) is 86.7 cm³/mol. The zero-order valence-corrected chi connectivity index (χ0v) is 12.3. The van der Waals surface area contributed by atoms with Crippen LogP contribution in [0.15, 0.2) is 47.3 Å². The van der Waals surface area contributed by atoms with E-state index in [1.807, 2.05) is 24.3 Å². The monoisotopic (exact) mass is 309 g/mol. The van der Waals surface area contributed by atoms with Crippen LogP contribution in [0, 0.1) is 5.92 Å². The largest absolute Gasteiger partial charge is 0.492 e. The van der Waals surface area contributed by atoms with Crippen LogP contribution in [0.2, 0.25) is 0 Å². The molecule has 116 valence electrons. The fraction of sp³-hybridized carbons (Fsp3) is 0.176. The molecule has 0 saturated carbocycles. The van der Waals surface area contributed by atoms with Crippen LogP contribution in [-0.2, 0) is 11.2 Å². The van der Waals surface area contributed by atoms with Gasteiger partial charge in [0.1, 0.15) is 12.4 Å². The Kier molecular flexibility index (Phi) is 3.15. The van der Waals surface area contributed by atoms with Crippen molar-refractivity contribution in [3.63, 3.8) is 0 Å². The molecule has 1 aliphatic heterocycles. The number of carbonyl (C=O) groups excluding carboxylic acids is 1. The van der Waals surface area contributed by atoms with E-state index in [-0.39, 0.29) is 17.5 Å². The Morgan fingerprint density at radius 3 is 2.87 bits per heavy atom. The van der Waals surface area contributed by atoms with Gasteiger partial charge in [0.15, 0.2) is 0 Å². The van der Waals surface area contributed by atoms with Gasteiger partial charge in [-0.3, -0.25) is 4.79 Å². The Bertz CT molecular complexity index is 941. The van der Waals surface area contributed by atoms with E-state index in [1.54, 1.807) is 18.2 Å². The van der Waals surface area contributed by atoms with Crippen LogP contribution in [0.25, 0.3) is 11.0 Å². The van der Waals surface area contributed by atoms with Gasteiger partial charge in [0.2, 0.25) is 5.91 Å². The minimum absolute atomic E-state index is 0.0864. The maximum atomic E-state index is 12.4. The summed E-state index contributed by atoms with van der Waals surface area (Å²) in [5, 5.41) is 2.89. The van der Waals surface area contributed by atoms with E-state index < -0.39 is 0 Å². The summed E-state index contributed by atoms with van der Waals surface area (Å²) in [4.78, 5) is 29.1. The van der Waals surface area contributed by atoms with Crippen LogP contribution in [0.5, 0.6) is 5.75 Å². The molecule has 2 heterocycles. The molecule has 6 heteroatoms. The van der Waals surface area contributed by atoms with Crippen molar-refractivity contribution in [1.29, 1.82) is 0 Å². The van der Waals surface area contributed by atoms with Gasteiger partial charge in [-0.1, -0.05) is 18.2 Å². The first-order valence-electron chi connectivity index (χ1n) is 7.43. The van der Waals surface area contributed by atoms with Gasteiger partial charge in [0, 0.05) is 5.69 Å². The molecule has 4 rings (SSSR count). The van der Waals surface area contributed by atoms with Gasteiger partial charge < -0.3 is 20.0 Å². The molecule has 0 spiro atoms. The quantitative estimate of drug-likeness (QED) is 0.677. The Hall–Kier alpha value is -3.02. The second kappa shape index (κ2) is 5.31. The minimum Gasteiger partial charge on any atom is -0.492 e. The summed E-state index contributed by atoms with van der Waals surface area (Å²) in [5.41, 5.74) is 2.81. The number of ether oxygens (including phenoxy) is 1. The fourth-order valence-electron chi connectivity index (χ4n) is 2.85. The smallest absolute Gasteiger partial charge is 0.323 e. The van der Waals surface area contributed by atoms with Gasteiger partial charge in [-0.25, -0.2) is 4.79 Å². The van der Waals surface area contributed by atoms with Crippen LogP contribution >= 0.6 is 0 Å². The van der Waals surface area contributed by atoms with Crippen LogP contribution in [-0.4, -0.2) is 22.5 Å². The maximum absolute atomic E-state index is 12.4. The second-order valence-electron chi connectivity index (χ2n) is 5.65. The van der Waals surface area contributed by atoms with E-state index in [1.165, 1.54) is 0 Å². The molecular weight excluding hydrogens is 294 g/mol. The van der Waals surface area contributed by atoms with E-state index in [0.29, 0.717) is 29.7 Å². The summed E-state index contributed by atoms with van der Waals surface area (Å²) in [6, 6.07) is 13.0. The van der Waals surface area contributed by atoms with Crippen molar-refractivity contribution in [2.45, 2.75) is 6.42 Å². The van der Waals surface area contributed by atoms with E-state index in [0.717, 1.165) is 11.3 Å². The van der Waals surface area contributed by atoms with Gasteiger partial charge in [-0.15, -0.1) is 0 Å². The number of hydrogen-bond donors (Lipinski definition) is 3. The number of benzene rings is 2. The minimum atomic E-state index is -0.263. The number of fused-ring (bicyclic) bond motifs is 2. The first-order valence-corrected chi connectivity index (χ1v) is 7.43. The topological polar surface area (TPSA) is 87.0 Å². The molecule has 1 atom stereocenters. The molecule has 0 aliphatic carbocycles. The number of carbonyl (C=O) groups is 1. The van der Waals surface area contributed by atoms with Gasteiger partial charge in [-0.2, -0.15) is 0 Å². The number of aromatic nitrogens is 2. The number of amides is 1. The summed E-state index contributed by atoms with van der Waals surface area (Å²) in [5.74, 6) is 0.533. The lowest BCUT2D eigenvalue weighted by atomic mass is 9.96. The molecule has 1 aliphatic rings. The van der Waals surface area contributed by atoms with Gasteiger partial charge in [-0.05, 0) is 36.2 Å². The predicted octanol–water partition coefficient (Wildman–Crippen LogP) is 2.05. The number of hydrogen-bond acceptors (Lipinski definition) is 3. The summed E-state index contributed by atoms with van der Waals surface area (Å²) < 4.78 is 5.66. The molecule has 0 bridgehead atoms. The third kappa shape index (κ3) is 2.59.